The van der Waals surface area contributed by atoms with Crippen LogP contribution in [-0.4, -0.2) is 62.4 Å². The van der Waals surface area contributed by atoms with Crippen LogP contribution in [0, 0.1) is 18.7 Å². The number of carbonyl (C=O) groups excluding carboxylic acids is 1. The highest BCUT2D eigenvalue weighted by molar-refractivity contribution is 7.89. The molecule has 1 aliphatic heterocycles. The molecule has 11 heteroatoms. The molecule has 1 heterocycles. The fourth-order valence-electron chi connectivity index (χ4n) is 3.82. The summed E-state index contributed by atoms with van der Waals surface area (Å²) >= 11 is 0. The third-order valence-electron chi connectivity index (χ3n) is 5.64. The van der Waals surface area contributed by atoms with Crippen molar-refractivity contribution < 1.29 is 35.5 Å². The molecule has 1 saturated heterocycles. The van der Waals surface area contributed by atoms with E-state index >= 15 is 0 Å². The van der Waals surface area contributed by atoms with Gasteiger partial charge in [0.15, 0.2) is 0 Å². The molecule has 35 heavy (non-hydrogen) atoms. The van der Waals surface area contributed by atoms with Crippen molar-refractivity contribution in [2.75, 3.05) is 32.8 Å². The third-order valence-corrected chi connectivity index (χ3v) is 7.50. The number of morpholine rings is 1. The Labute approximate surface area is 202 Å². The second-order valence-electron chi connectivity index (χ2n) is 8.95. The molecule has 0 spiro atoms. The van der Waals surface area contributed by atoms with Gasteiger partial charge < -0.3 is 9.64 Å². The average molecular weight is 517 g/mol. The monoisotopic (exact) mass is 516 g/mol. The molecular weight excluding hydrogens is 488 g/mol. The number of nitrogens with zero attached hydrogens (tertiary/aromatic N) is 2. The Morgan fingerprint density at radius 1 is 1.17 bits per heavy atom. The number of sulfonamides is 1. The van der Waals surface area contributed by atoms with Gasteiger partial charge in [0.25, 0.3) is 5.91 Å². The van der Waals surface area contributed by atoms with Crippen LogP contribution >= 0.6 is 0 Å². The molecule has 1 fully saturated rings. The van der Waals surface area contributed by atoms with Gasteiger partial charge in [-0.3, -0.25) is 4.79 Å². The van der Waals surface area contributed by atoms with Crippen molar-refractivity contribution in [3.05, 3.63) is 65.0 Å². The number of halogens is 4. The zero-order chi connectivity index (χ0) is 26.0. The van der Waals surface area contributed by atoms with E-state index in [-0.39, 0.29) is 42.6 Å². The van der Waals surface area contributed by atoms with E-state index in [1.807, 2.05) is 13.8 Å². The van der Waals surface area contributed by atoms with E-state index in [0.717, 1.165) is 30.3 Å². The lowest BCUT2D eigenvalue weighted by Gasteiger charge is -2.35. The number of carbonyl (C=O) groups is 1. The minimum Gasteiger partial charge on any atom is -0.374 e. The zero-order valence-electron chi connectivity index (χ0n) is 19.7. The summed E-state index contributed by atoms with van der Waals surface area (Å²) in [4.78, 5) is 14.4. The molecule has 2 aromatic rings. The van der Waals surface area contributed by atoms with Gasteiger partial charge in [0.1, 0.15) is 5.82 Å². The highest BCUT2D eigenvalue weighted by atomic mass is 32.2. The molecule has 0 saturated carbocycles. The van der Waals surface area contributed by atoms with Crippen LogP contribution in [-0.2, 0) is 20.9 Å². The Bertz CT molecular complexity index is 1150. The quantitative estimate of drug-likeness (QED) is 0.514. The number of aryl methyl sites for hydroxylation is 1. The van der Waals surface area contributed by atoms with Crippen LogP contribution in [0.25, 0.3) is 0 Å². The Morgan fingerprint density at radius 2 is 1.83 bits per heavy atom. The lowest BCUT2D eigenvalue weighted by molar-refractivity contribution is -0.137. The molecule has 3 rings (SSSR count). The lowest BCUT2D eigenvalue weighted by atomic mass is 10.1. The molecule has 6 nitrogen and oxygen atoms in total. The van der Waals surface area contributed by atoms with Crippen molar-refractivity contribution >= 4 is 15.9 Å². The molecule has 1 aliphatic rings. The summed E-state index contributed by atoms with van der Waals surface area (Å²) in [5.74, 6) is -1.05. The summed E-state index contributed by atoms with van der Waals surface area (Å²) in [6, 6.07) is 7.69. The first kappa shape index (κ1) is 27.1. The number of benzene rings is 2. The molecule has 0 radical (unpaired) electrons. The van der Waals surface area contributed by atoms with Gasteiger partial charge >= 0.3 is 6.18 Å². The van der Waals surface area contributed by atoms with Gasteiger partial charge in [-0.25, -0.2) is 12.8 Å². The van der Waals surface area contributed by atoms with Crippen LogP contribution in [0.4, 0.5) is 17.6 Å². The van der Waals surface area contributed by atoms with E-state index in [0.29, 0.717) is 12.1 Å². The Morgan fingerprint density at radius 3 is 2.40 bits per heavy atom. The number of ether oxygens (including phenoxy) is 1. The first-order chi connectivity index (χ1) is 16.3. The maximum atomic E-state index is 14.0. The van der Waals surface area contributed by atoms with Gasteiger partial charge in [-0.05, 0) is 54.8 Å². The molecule has 1 unspecified atom stereocenters. The summed E-state index contributed by atoms with van der Waals surface area (Å²) in [6.45, 7) is 5.77. The second kappa shape index (κ2) is 10.6. The van der Waals surface area contributed by atoms with Gasteiger partial charge in [0.2, 0.25) is 10.0 Å². The molecule has 192 valence electrons. The molecular formula is C24H28F4N2O4S. The fourth-order valence-corrected chi connectivity index (χ4v) is 5.28. The second-order valence-corrected chi connectivity index (χ2v) is 10.9. The molecule has 1 amide bonds. The predicted molar refractivity (Wildman–Crippen MR) is 122 cm³/mol. The van der Waals surface area contributed by atoms with Crippen molar-refractivity contribution in [1.29, 1.82) is 0 Å². The first-order valence-corrected chi connectivity index (χ1v) is 12.6. The number of hydrogen-bond donors (Lipinski definition) is 0. The first-order valence-electron chi connectivity index (χ1n) is 11.1. The number of rotatable bonds is 7. The van der Waals surface area contributed by atoms with Crippen molar-refractivity contribution in [3.63, 3.8) is 0 Å². The van der Waals surface area contributed by atoms with Crippen molar-refractivity contribution in [1.82, 2.24) is 9.21 Å². The SMILES string of the molecule is Cc1ccc(S(=O)(=O)N2CCOC(CN(CC(C)C)C(=O)c3ccc(C(F)(F)F)cc3)C2)cc1F. The number of alkyl halides is 3. The minimum atomic E-state index is -4.51. The van der Waals surface area contributed by atoms with Crippen molar-refractivity contribution in [2.45, 2.75) is 37.9 Å². The molecule has 0 bridgehead atoms. The highest BCUT2D eigenvalue weighted by Gasteiger charge is 2.34. The molecule has 1 atom stereocenters. The maximum absolute atomic E-state index is 14.0. The van der Waals surface area contributed by atoms with Gasteiger partial charge in [-0.2, -0.15) is 17.5 Å². The summed E-state index contributed by atoms with van der Waals surface area (Å²) in [7, 11) is -3.98. The summed E-state index contributed by atoms with van der Waals surface area (Å²) < 4.78 is 85.6. The summed E-state index contributed by atoms with van der Waals surface area (Å²) in [5, 5.41) is 0. The molecule has 0 aliphatic carbocycles. The maximum Gasteiger partial charge on any atom is 0.416 e. The average Bonchev–Trinajstić information content (AvgIpc) is 2.79. The van der Waals surface area contributed by atoms with Crippen LogP contribution in [0.3, 0.4) is 0 Å². The van der Waals surface area contributed by atoms with E-state index in [1.54, 1.807) is 0 Å². The summed E-state index contributed by atoms with van der Waals surface area (Å²) in [5.41, 5.74) is -0.433. The third kappa shape index (κ3) is 6.59. The standard InChI is InChI=1S/C24H28F4N2O4S/c1-16(2)13-29(23(31)18-5-7-19(8-6-18)24(26,27)28)14-20-15-30(10-11-34-20)35(32,33)21-9-4-17(3)22(25)12-21/h4-9,12,16,20H,10-11,13-15H2,1-3H3. The van der Waals surface area contributed by atoms with Crippen molar-refractivity contribution in [2.24, 2.45) is 5.92 Å². The van der Waals surface area contributed by atoms with E-state index < -0.39 is 39.6 Å². The Hall–Kier alpha value is -2.50. The van der Waals surface area contributed by atoms with Gasteiger partial charge in [0.05, 0.1) is 23.2 Å². The van der Waals surface area contributed by atoms with Gasteiger partial charge in [-0.1, -0.05) is 19.9 Å². The lowest BCUT2D eigenvalue weighted by Crippen LogP contribution is -2.51. The fraction of sp³-hybridized carbons (Fsp3) is 0.458. The van der Waals surface area contributed by atoms with E-state index in [2.05, 4.69) is 0 Å². The Kier molecular flexibility index (Phi) is 8.23. The molecule has 0 aromatic heterocycles. The topological polar surface area (TPSA) is 66.9 Å². The van der Waals surface area contributed by atoms with E-state index in [1.165, 1.54) is 28.3 Å². The smallest absolute Gasteiger partial charge is 0.374 e. The summed E-state index contributed by atoms with van der Waals surface area (Å²) in [6.07, 6.45) is -5.17. The number of amides is 1. The van der Waals surface area contributed by atoms with Crippen LogP contribution in [0.5, 0.6) is 0 Å². The normalized spacial score (nSPS) is 17.5. The minimum absolute atomic E-state index is 0.0479. The largest absolute Gasteiger partial charge is 0.416 e. The predicted octanol–water partition coefficient (Wildman–Crippen LogP) is 4.34. The Balaban J connectivity index is 1.77. The van der Waals surface area contributed by atoms with Gasteiger partial charge in [-0.15, -0.1) is 0 Å². The van der Waals surface area contributed by atoms with Gasteiger partial charge in [0, 0.05) is 31.7 Å². The highest BCUT2D eigenvalue weighted by Crippen LogP contribution is 2.29. The van der Waals surface area contributed by atoms with Crippen LogP contribution in [0.15, 0.2) is 47.4 Å². The zero-order valence-corrected chi connectivity index (χ0v) is 20.5. The van der Waals surface area contributed by atoms with E-state index in [9.17, 15) is 30.8 Å². The molecule has 0 N–H and O–H groups in total. The van der Waals surface area contributed by atoms with Crippen LogP contribution < -0.4 is 0 Å². The van der Waals surface area contributed by atoms with Crippen LogP contribution in [0.1, 0.15) is 35.3 Å². The van der Waals surface area contributed by atoms with Crippen molar-refractivity contribution in [3.8, 4) is 0 Å². The van der Waals surface area contributed by atoms with Crippen LogP contribution in [0.2, 0.25) is 0 Å². The van der Waals surface area contributed by atoms with E-state index in [4.69, 9.17) is 4.74 Å². The number of hydrogen-bond acceptors (Lipinski definition) is 4. The molecule has 2 aromatic carbocycles.